The average Bonchev–Trinajstić information content (AvgIpc) is 2.77. The molecule has 1 saturated heterocycles. The highest BCUT2D eigenvalue weighted by Gasteiger charge is 2.14. The van der Waals surface area contributed by atoms with Crippen molar-refractivity contribution in [3.63, 3.8) is 0 Å². The third-order valence-corrected chi connectivity index (χ3v) is 5.61. The maximum atomic E-state index is 11.5. The van der Waals surface area contributed by atoms with Crippen LogP contribution >= 0.6 is 0 Å². The van der Waals surface area contributed by atoms with Crippen LogP contribution in [0.15, 0.2) is 60.2 Å². The number of aryl methyl sites for hydroxylation is 1. The van der Waals surface area contributed by atoms with E-state index in [1.54, 1.807) is 0 Å². The van der Waals surface area contributed by atoms with Crippen molar-refractivity contribution < 1.29 is 9.53 Å². The number of anilines is 1. The topological polar surface area (TPSA) is 63.2 Å². The number of carbonyl (C=O) groups excluding carboxylic acids is 1. The number of piperidine rings is 1. The van der Waals surface area contributed by atoms with E-state index in [-0.39, 0.29) is 5.91 Å². The van der Waals surface area contributed by atoms with Crippen molar-refractivity contribution in [3.8, 4) is 5.75 Å². The molecule has 0 bridgehead atoms. The predicted molar refractivity (Wildman–Crippen MR) is 126 cm³/mol. The van der Waals surface area contributed by atoms with Gasteiger partial charge in [0.1, 0.15) is 5.75 Å². The van der Waals surface area contributed by atoms with Gasteiger partial charge in [0.15, 0.2) is 0 Å². The van der Waals surface area contributed by atoms with E-state index in [9.17, 15) is 4.79 Å². The zero-order chi connectivity index (χ0) is 21.6. The Balaban J connectivity index is 1.56. The summed E-state index contributed by atoms with van der Waals surface area (Å²) in [6.07, 6.45) is 2.89. The van der Waals surface area contributed by atoms with Crippen LogP contribution in [0, 0.1) is 6.92 Å². The number of rotatable bonds is 6. The molecule has 3 aromatic rings. The molecule has 31 heavy (non-hydrogen) atoms. The van der Waals surface area contributed by atoms with Crippen LogP contribution in [0.1, 0.15) is 37.4 Å². The lowest BCUT2D eigenvalue weighted by Crippen LogP contribution is -2.24. The molecule has 2 N–H and O–H groups in total. The van der Waals surface area contributed by atoms with Gasteiger partial charge in [-0.3, -0.25) is 9.78 Å². The Morgan fingerprint density at radius 1 is 1.10 bits per heavy atom. The van der Waals surface area contributed by atoms with E-state index in [2.05, 4.69) is 33.8 Å². The van der Waals surface area contributed by atoms with Gasteiger partial charge in [0.25, 0.3) is 0 Å². The zero-order valence-electron chi connectivity index (χ0n) is 18.2. The molecule has 0 spiro atoms. The van der Waals surface area contributed by atoms with E-state index in [0.717, 1.165) is 65.9 Å². The second-order valence-electron chi connectivity index (χ2n) is 7.97. The van der Waals surface area contributed by atoms with Gasteiger partial charge < -0.3 is 15.4 Å². The van der Waals surface area contributed by atoms with E-state index >= 15 is 0 Å². The van der Waals surface area contributed by atoms with Crippen LogP contribution in [-0.2, 0) is 4.79 Å². The number of amides is 1. The van der Waals surface area contributed by atoms with Crippen molar-refractivity contribution in [1.29, 1.82) is 0 Å². The number of ether oxygens (including phenoxy) is 1. The quantitative estimate of drug-likeness (QED) is 0.587. The molecule has 0 atom stereocenters. The number of fused-ring (bicyclic) bond motifs is 1. The monoisotopic (exact) mass is 415 g/mol. The van der Waals surface area contributed by atoms with E-state index in [0.29, 0.717) is 6.61 Å². The van der Waals surface area contributed by atoms with Crippen molar-refractivity contribution in [2.45, 2.75) is 33.1 Å². The highest BCUT2D eigenvalue weighted by Crippen LogP contribution is 2.30. The van der Waals surface area contributed by atoms with Gasteiger partial charge in [-0.2, -0.15) is 0 Å². The molecular weight excluding hydrogens is 386 g/mol. The van der Waals surface area contributed by atoms with E-state index in [1.165, 1.54) is 18.1 Å². The first-order valence-corrected chi connectivity index (χ1v) is 10.9. The third-order valence-electron chi connectivity index (χ3n) is 5.61. The Labute approximate surface area is 183 Å². The molecule has 1 aliphatic rings. The molecule has 2 heterocycles. The molecule has 0 radical (unpaired) electrons. The summed E-state index contributed by atoms with van der Waals surface area (Å²) in [6, 6.07) is 18.2. The minimum Gasteiger partial charge on any atom is -0.493 e. The van der Waals surface area contributed by atoms with Gasteiger partial charge in [0.2, 0.25) is 5.91 Å². The van der Waals surface area contributed by atoms with Gasteiger partial charge in [-0.05, 0) is 80.4 Å². The van der Waals surface area contributed by atoms with Crippen molar-refractivity contribution in [1.82, 2.24) is 10.3 Å². The molecule has 1 amide bonds. The molecule has 2 aromatic carbocycles. The summed E-state index contributed by atoms with van der Waals surface area (Å²) in [5.41, 5.74) is 6.73. The molecule has 5 heteroatoms. The summed E-state index contributed by atoms with van der Waals surface area (Å²) < 4.78 is 6.24. The van der Waals surface area contributed by atoms with Gasteiger partial charge >= 0.3 is 0 Å². The van der Waals surface area contributed by atoms with Gasteiger partial charge in [-0.15, -0.1) is 0 Å². The summed E-state index contributed by atoms with van der Waals surface area (Å²) in [5.74, 6) is 0.808. The van der Waals surface area contributed by atoms with Crippen LogP contribution in [-0.4, -0.2) is 30.6 Å². The lowest BCUT2D eigenvalue weighted by atomic mass is 9.91. The van der Waals surface area contributed by atoms with Crippen LogP contribution in [0.5, 0.6) is 5.75 Å². The van der Waals surface area contributed by atoms with Crippen LogP contribution in [0.3, 0.4) is 0 Å². The molecule has 4 rings (SSSR count). The Kier molecular flexibility index (Phi) is 6.63. The van der Waals surface area contributed by atoms with Crippen LogP contribution in [0.2, 0.25) is 0 Å². The highest BCUT2D eigenvalue weighted by molar-refractivity contribution is 5.89. The number of hydrogen-bond acceptors (Lipinski definition) is 4. The smallest absolute Gasteiger partial charge is 0.221 e. The number of carbonyl (C=O) groups is 1. The third kappa shape index (κ3) is 5.30. The fourth-order valence-corrected chi connectivity index (χ4v) is 4.16. The highest BCUT2D eigenvalue weighted by atomic mass is 16.5. The maximum Gasteiger partial charge on any atom is 0.221 e. The fraction of sp³-hybridized carbons (Fsp3) is 0.308. The fourth-order valence-electron chi connectivity index (χ4n) is 4.16. The van der Waals surface area contributed by atoms with E-state index < -0.39 is 0 Å². The molecule has 1 aliphatic heterocycles. The largest absolute Gasteiger partial charge is 0.493 e. The lowest BCUT2D eigenvalue weighted by Gasteiger charge is -2.21. The van der Waals surface area contributed by atoms with Gasteiger partial charge in [-0.25, -0.2) is 0 Å². The molecule has 0 unspecified atom stereocenters. The molecule has 1 fully saturated rings. The molecular formula is C26H29N3O2. The number of pyridine rings is 1. The summed E-state index contributed by atoms with van der Waals surface area (Å²) in [5, 5.41) is 7.37. The first-order valence-electron chi connectivity index (χ1n) is 10.9. The standard InChI is InChI=1S/C26H29N3O2/c1-18-9-10-24-25(28-18)7-4-8-26(24)31-16-13-23(20-11-14-27-15-12-20)21-5-3-6-22(17-21)29-19(2)30/h3-10,17,27H,11-16H2,1-2H3,(H,29,30). The summed E-state index contributed by atoms with van der Waals surface area (Å²) >= 11 is 0. The van der Waals surface area contributed by atoms with Crippen molar-refractivity contribution in [2.24, 2.45) is 0 Å². The number of nitrogens with zero attached hydrogens (tertiary/aromatic N) is 1. The molecule has 0 aliphatic carbocycles. The van der Waals surface area contributed by atoms with Crippen molar-refractivity contribution in [2.75, 3.05) is 25.0 Å². The summed E-state index contributed by atoms with van der Waals surface area (Å²) in [7, 11) is 0. The van der Waals surface area contributed by atoms with Crippen molar-refractivity contribution in [3.05, 3.63) is 71.4 Å². The Bertz CT molecular complexity index is 1110. The number of benzene rings is 2. The number of aromatic nitrogens is 1. The maximum absolute atomic E-state index is 11.5. The summed E-state index contributed by atoms with van der Waals surface area (Å²) in [6.45, 7) is 6.12. The van der Waals surface area contributed by atoms with Gasteiger partial charge in [0.05, 0.1) is 12.1 Å². The second-order valence-corrected chi connectivity index (χ2v) is 7.97. The minimum atomic E-state index is -0.0589. The summed E-state index contributed by atoms with van der Waals surface area (Å²) in [4.78, 5) is 16.1. The zero-order valence-corrected chi connectivity index (χ0v) is 18.2. The Morgan fingerprint density at radius 2 is 1.90 bits per heavy atom. The van der Waals surface area contributed by atoms with Gasteiger partial charge in [-0.1, -0.05) is 23.8 Å². The first-order chi connectivity index (χ1) is 15.1. The minimum absolute atomic E-state index is 0.0589. The normalized spacial score (nSPS) is 13.8. The predicted octanol–water partition coefficient (Wildman–Crippen LogP) is 5.11. The molecule has 0 saturated carbocycles. The van der Waals surface area contributed by atoms with Gasteiger partial charge in [0, 0.05) is 30.1 Å². The number of hydrogen-bond donors (Lipinski definition) is 2. The molecule has 160 valence electrons. The van der Waals surface area contributed by atoms with Crippen LogP contribution < -0.4 is 15.4 Å². The SMILES string of the molecule is CC(=O)Nc1cccc(C(CCOc2cccc3nc(C)ccc23)=C2CCNCC2)c1. The lowest BCUT2D eigenvalue weighted by molar-refractivity contribution is -0.114. The Hall–Kier alpha value is -3.18. The molecule has 5 nitrogen and oxygen atoms in total. The average molecular weight is 416 g/mol. The van der Waals surface area contributed by atoms with Crippen LogP contribution in [0.25, 0.3) is 16.5 Å². The second kappa shape index (κ2) is 9.75. The van der Waals surface area contributed by atoms with Crippen molar-refractivity contribution >= 4 is 28.1 Å². The number of nitrogens with one attached hydrogen (secondary N) is 2. The van der Waals surface area contributed by atoms with E-state index in [4.69, 9.17) is 4.74 Å². The van der Waals surface area contributed by atoms with E-state index in [1.807, 2.05) is 43.3 Å². The molecule has 1 aromatic heterocycles. The Morgan fingerprint density at radius 3 is 2.71 bits per heavy atom. The first kappa shape index (κ1) is 21.1. The van der Waals surface area contributed by atoms with Crippen LogP contribution in [0.4, 0.5) is 5.69 Å².